The van der Waals surface area contributed by atoms with E-state index in [0.29, 0.717) is 12.6 Å². The van der Waals surface area contributed by atoms with Gasteiger partial charge in [-0.1, -0.05) is 0 Å². The molecule has 0 spiro atoms. The van der Waals surface area contributed by atoms with Crippen molar-refractivity contribution < 1.29 is 0 Å². The number of aromatic nitrogens is 5. The van der Waals surface area contributed by atoms with Crippen LogP contribution in [-0.2, 0) is 13.1 Å². The molecule has 7 nitrogen and oxygen atoms in total. The van der Waals surface area contributed by atoms with Crippen LogP contribution < -0.4 is 5.56 Å². The first kappa shape index (κ1) is 16.7. The van der Waals surface area contributed by atoms with Gasteiger partial charge in [-0.15, -0.1) is 0 Å². The van der Waals surface area contributed by atoms with Gasteiger partial charge in [-0.3, -0.25) is 14.7 Å². The maximum atomic E-state index is 12.3. The van der Waals surface area contributed by atoms with Gasteiger partial charge in [-0.25, -0.2) is 9.67 Å². The van der Waals surface area contributed by atoms with Crippen LogP contribution in [0.3, 0.4) is 0 Å². The molecule has 3 aromatic rings. The Morgan fingerprint density at radius 1 is 1.04 bits per heavy atom. The Morgan fingerprint density at radius 3 is 2.73 bits per heavy atom. The molecule has 0 bridgehead atoms. The van der Waals surface area contributed by atoms with Gasteiger partial charge < -0.3 is 4.57 Å². The van der Waals surface area contributed by atoms with Gasteiger partial charge in [-0.05, 0) is 37.6 Å². The summed E-state index contributed by atoms with van der Waals surface area (Å²) in [5, 5.41) is 4.59. The zero-order valence-corrected chi connectivity index (χ0v) is 14.6. The Bertz CT molecular complexity index is 890. The van der Waals surface area contributed by atoms with Crippen LogP contribution in [0, 0.1) is 0 Å². The molecule has 0 aliphatic carbocycles. The van der Waals surface area contributed by atoms with Gasteiger partial charge in [0, 0.05) is 55.5 Å². The number of hydrogen-bond acceptors (Lipinski definition) is 5. The lowest BCUT2D eigenvalue weighted by atomic mass is 10.2. The summed E-state index contributed by atoms with van der Waals surface area (Å²) >= 11 is 0. The summed E-state index contributed by atoms with van der Waals surface area (Å²) in [7, 11) is 0. The molecule has 1 atom stereocenters. The van der Waals surface area contributed by atoms with Crippen LogP contribution in [-0.4, -0.2) is 48.3 Å². The van der Waals surface area contributed by atoms with Crippen molar-refractivity contribution in [2.75, 3.05) is 13.1 Å². The lowest BCUT2D eigenvalue weighted by molar-refractivity contribution is 0.217. The molecule has 1 aliphatic heterocycles. The predicted molar refractivity (Wildman–Crippen MR) is 98.6 cm³/mol. The molecule has 0 radical (unpaired) electrons. The number of nitrogens with zero attached hydrogens (tertiary/aromatic N) is 6. The Morgan fingerprint density at radius 2 is 1.92 bits per heavy atom. The summed E-state index contributed by atoms with van der Waals surface area (Å²) in [6.45, 7) is 3.57. The highest BCUT2D eigenvalue weighted by Gasteiger charge is 2.25. The summed E-state index contributed by atoms with van der Waals surface area (Å²) < 4.78 is 3.69. The second kappa shape index (κ2) is 7.61. The van der Waals surface area contributed by atoms with E-state index in [1.165, 1.54) is 0 Å². The molecule has 0 N–H and O–H groups in total. The van der Waals surface area contributed by atoms with Gasteiger partial charge in [0.05, 0.1) is 18.6 Å². The molecular weight excluding hydrogens is 328 g/mol. The first-order chi connectivity index (χ1) is 12.8. The van der Waals surface area contributed by atoms with Crippen LogP contribution in [0.25, 0.3) is 11.3 Å². The maximum absolute atomic E-state index is 12.3. The highest BCUT2D eigenvalue weighted by Crippen LogP contribution is 2.19. The fourth-order valence-electron chi connectivity index (χ4n) is 3.52. The Labute approximate surface area is 151 Å². The molecule has 0 amide bonds. The van der Waals surface area contributed by atoms with Gasteiger partial charge in [-0.2, -0.15) is 5.10 Å². The van der Waals surface area contributed by atoms with Crippen molar-refractivity contribution in [1.82, 2.24) is 29.2 Å². The fourth-order valence-corrected chi connectivity index (χ4v) is 3.52. The average Bonchev–Trinajstić information content (AvgIpc) is 3.34. The molecule has 134 valence electrons. The molecule has 4 rings (SSSR count). The smallest absolute Gasteiger partial charge is 0.266 e. The van der Waals surface area contributed by atoms with E-state index in [9.17, 15) is 4.79 Å². The van der Waals surface area contributed by atoms with Gasteiger partial charge in [0.1, 0.15) is 0 Å². The third-order valence-corrected chi connectivity index (χ3v) is 4.93. The Kier molecular flexibility index (Phi) is 4.88. The lowest BCUT2D eigenvalue weighted by Gasteiger charge is -2.24. The maximum Gasteiger partial charge on any atom is 0.266 e. The fraction of sp³-hybridized carbons (Fsp3) is 0.368. The van der Waals surface area contributed by atoms with Crippen molar-refractivity contribution in [2.24, 2.45) is 0 Å². The number of likely N-dealkylation sites (tertiary alicyclic amines) is 1. The second-order valence-corrected chi connectivity index (χ2v) is 6.61. The SMILES string of the molecule is O=c1ccc(-c2ccncc2)nn1CC1CCCN1CCn1ccnc1. The molecule has 7 heteroatoms. The Hall–Kier alpha value is -2.80. The van der Waals surface area contributed by atoms with Gasteiger partial charge in [0.25, 0.3) is 5.56 Å². The van der Waals surface area contributed by atoms with Crippen LogP contribution in [0.2, 0.25) is 0 Å². The van der Waals surface area contributed by atoms with Gasteiger partial charge in [0.2, 0.25) is 0 Å². The third-order valence-electron chi connectivity index (χ3n) is 4.93. The summed E-state index contributed by atoms with van der Waals surface area (Å²) in [4.78, 5) is 22.9. The zero-order valence-electron chi connectivity index (χ0n) is 14.6. The van der Waals surface area contributed by atoms with E-state index >= 15 is 0 Å². The number of rotatable bonds is 6. The highest BCUT2D eigenvalue weighted by atomic mass is 16.1. The van der Waals surface area contributed by atoms with Crippen LogP contribution in [0.1, 0.15) is 12.8 Å². The quantitative estimate of drug-likeness (QED) is 0.676. The molecule has 0 saturated carbocycles. The molecule has 1 saturated heterocycles. The van der Waals surface area contributed by atoms with Crippen molar-refractivity contribution in [3.63, 3.8) is 0 Å². The van der Waals surface area contributed by atoms with Crippen molar-refractivity contribution >= 4 is 0 Å². The minimum absolute atomic E-state index is 0.0516. The monoisotopic (exact) mass is 350 g/mol. The van der Waals surface area contributed by atoms with E-state index in [0.717, 1.165) is 43.7 Å². The summed E-state index contributed by atoms with van der Waals surface area (Å²) in [5.74, 6) is 0. The van der Waals surface area contributed by atoms with Gasteiger partial charge >= 0.3 is 0 Å². The molecule has 4 heterocycles. The van der Waals surface area contributed by atoms with Crippen LogP contribution >= 0.6 is 0 Å². The average molecular weight is 350 g/mol. The number of imidazole rings is 1. The molecule has 1 aliphatic rings. The molecule has 26 heavy (non-hydrogen) atoms. The topological polar surface area (TPSA) is 68.8 Å². The molecule has 0 aromatic carbocycles. The van der Waals surface area contributed by atoms with E-state index in [-0.39, 0.29) is 5.56 Å². The second-order valence-electron chi connectivity index (χ2n) is 6.61. The minimum Gasteiger partial charge on any atom is -0.336 e. The summed E-state index contributed by atoms with van der Waals surface area (Å²) in [5.41, 5.74) is 1.72. The summed E-state index contributed by atoms with van der Waals surface area (Å²) in [6, 6.07) is 7.54. The number of hydrogen-bond donors (Lipinski definition) is 0. The van der Waals surface area contributed by atoms with E-state index < -0.39 is 0 Å². The molecular formula is C19H22N6O. The van der Waals surface area contributed by atoms with E-state index in [1.807, 2.05) is 24.7 Å². The Balaban J connectivity index is 1.48. The standard InChI is InChI=1S/C19H22N6O/c26-19-4-3-18(16-5-7-20-8-6-16)22-25(19)14-17-2-1-10-24(17)13-12-23-11-9-21-15-23/h3-9,11,15,17H,1-2,10,12-14H2. The summed E-state index contributed by atoms with van der Waals surface area (Å²) in [6.07, 6.45) is 11.4. The molecule has 1 fully saturated rings. The van der Waals surface area contributed by atoms with Crippen LogP contribution in [0.4, 0.5) is 0 Å². The third kappa shape index (κ3) is 3.72. The molecule has 1 unspecified atom stereocenters. The van der Waals surface area contributed by atoms with Crippen LogP contribution in [0.15, 0.2) is 60.2 Å². The van der Waals surface area contributed by atoms with E-state index in [4.69, 9.17) is 0 Å². The lowest BCUT2D eigenvalue weighted by Crippen LogP contribution is -2.38. The first-order valence-electron chi connectivity index (χ1n) is 8.98. The van der Waals surface area contributed by atoms with Crippen molar-refractivity contribution in [3.05, 3.63) is 65.7 Å². The van der Waals surface area contributed by atoms with Crippen molar-refractivity contribution in [2.45, 2.75) is 32.0 Å². The first-order valence-corrected chi connectivity index (χ1v) is 8.98. The zero-order chi connectivity index (χ0) is 17.8. The molecule has 3 aromatic heterocycles. The van der Waals surface area contributed by atoms with Gasteiger partial charge in [0.15, 0.2) is 0 Å². The largest absolute Gasteiger partial charge is 0.336 e. The van der Waals surface area contributed by atoms with Crippen molar-refractivity contribution in [1.29, 1.82) is 0 Å². The van der Waals surface area contributed by atoms with Crippen molar-refractivity contribution in [3.8, 4) is 11.3 Å². The minimum atomic E-state index is -0.0516. The predicted octanol–water partition coefficient (Wildman–Crippen LogP) is 1.67. The van der Waals surface area contributed by atoms with E-state index in [2.05, 4.69) is 24.5 Å². The number of pyridine rings is 1. The van der Waals surface area contributed by atoms with E-state index in [1.54, 1.807) is 35.4 Å². The van der Waals surface area contributed by atoms with Crippen LogP contribution in [0.5, 0.6) is 0 Å². The highest BCUT2D eigenvalue weighted by molar-refractivity contribution is 5.56. The normalized spacial score (nSPS) is 17.6.